The minimum Gasteiger partial charge on any atom is -0.386 e. The Kier molecular flexibility index (Phi) is 5.65. The quantitative estimate of drug-likeness (QED) is 0.668. The van der Waals surface area contributed by atoms with Crippen LogP contribution in [0.4, 0.5) is 0 Å². The van der Waals surface area contributed by atoms with Crippen LogP contribution >= 0.6 is 11.3 Å². The fourth-order valence-corrected chi connectivity index (χ4v) is 1.88. The maximum Gasteiger partial charge on any atom is 0.309 e. The molecule has 0 aliphatic heterocycles. The van der Waals surface area contributed by atoms with Crippen LogP contribution in [0.3, 0.4) is 0 Å². The SMILES string of the molecule is CCCNC(=O)C(=O)NCC(O)c1cccs1. The van der Waals surface area contributed by atoms with Crippen molar-refractivity contribution >= 4 is 23.2 Å². The van der Waals surface area contributed by atoms with Gasteiger partial charge in [-0.25, -0.2) is 0 Å². The predicted octanol–water partition coefficient (Wildman–Crippen LogP) is 0.424. The van der Waals surface area contributed by atoms with Crippen molar-refractivity contribution in [2.45, 2.75) is 19.4 Å². The van der Waals surface area contributed by atoms with E-state index < -0.39 is 17.9 Å². The zero-order valence-corrected chi connectivity index (χ0v) is 10.4. The summed E-state index contributed by atoms with van der Waals surface area (Å²) in [6, 6.07) is 3.59. The van der Waals surface area contributed by atoms with Gasteiger partial charge in [0.15, 0.2) is 0 Å². The summed E-state index contributed by atoms with van der Waals surface area (Å²) in [6.07, 6.45) is 0.00883. The summed E-state index contributed by atoms with van der Waals surface area (Å²) in [7, 11) is 0. The molecule has 1 rings (SSSR count). The molecule has 1 aromatic rings. The van der Waals surface area contributed by atoms with Crippen molar-refractivity contribution < 1.29 is 14.7 Å². The van der Waals surface area contributed by atoms with Crippen molar-refractivity contribution in [1.29, 1.82) is 0 Å². The number of rotatable bonds is 5. The minimum absolute atomic E-state index is 0.0406. The molecule has 0 fully saturated rings. The zero-order valence-electron chi connectivity index (χ0n) is 9.60. The molecule has 1 unspecified atom stereocenters. The molecule has 0 radical (unpaired) electrons. The van der Waals surface area contributed by atoms with Crippen molar-refractivity contribution in [3.63, 3.8) is 0 Å². The molecule has 0 bridgehead atoms. The van der Waals surface area contributed by atoms with Crippen LogP contribution in [0.25, 0.3) is 0 Å². The van der Waals surface area contributed by atoms with Gasteiger partial charge in [0.2, 0.25) is 0 Å². The van der Waals surface area contributed by atoms with Crippen LogP contribution in [-0.2, 0) is 9.59 Å². The number of hydrogen-bond acceptors (Lipinski definition) is 4. The highest BCUT2D eigenvalue weighted by atomic mass is 32.1. The van der Waals surface area contributed by atoms with Gasteiger partial charge in [-0.3, -0.25) is 9.59 Å². The fourth-order valence-electron chi connectivity index (χ4n) is 1.17. The van der Waals surface area contributed by atoms with Gasteiger partial charge in [0, 0.05) is 18.0 Å². The molecular formula is C11H16N2O3S. The summed E-state index contributed by atoms with van der Waals surface area (Å²) in [5, 5.41) is 16.4. The van der Waals surface area contributed by atoms with E-state index in [4.69, 9.17) is 0 Å². The average molecular weight is 256 g/mol. The average Bonchev–Trinajstić information content (AvgIpc) is 2.86. The van der Waals surface area contributed by atoms with E-state index in [0.29, 0.717) is 6.54 Å². The maximum atomic E-state index is 11.3. The van der Waals surface area contributed by atoms with E-state index in [1.54, 1.807) is 6.07 Å². The lowest BCUT2D eigenvalue weighted by Gasteiger charge is -2.09. The van der Waals surface area contributed by atoms with E-state index in [1.165, 1.54) is 11.3 Å². The van der Waals surface area contributed by atoms with Gasteiger partial charge >= 0.3 is 11.8 Å². The molecule has 5 nitrogen and oxygen atoms in total. The Morgan fingerprint density at radius 1 is 1.41 bits per heavy atom. The molecule has 0 aliphatic carbocycles. The Morgan fingerprint density at radius 3 is 2.71 bits per heavy atom. The molecule has 0 aliphatic rings. The number of carbonyl (C=O) groups is 2. The molecule has 0 spiro atoms. The fraction of sp³-hybridized carbons (Fsp3) is 0.455. The number of carbonyl (C=O) groups excluding carboxylic acids is 2. The molecule has 0 saturated carbocycles. The van der Waals surface area contributed by atoms with Crippen LogP contribution in [0.1, 0.15) is 24.3 Å². The molecular weight excluding hydrogens is 240 g/mol. The third-order valence-corrected chi connectivity index (χ3v) is 3.04. The van der Waals surface area contributed by atoms with Crippen LogP contribution in [0, 0.1) is 0 Å². The summed E-state index contributed by atoms with van der Waals surface area (Å²) in [5.74, 6) is -1.38. The van der Waals surface area contributed by atoms with Crippen molar-refractivity contribution in [3.8, 4) is 0 Å². The van der Waals surface area contributed by atoms with Crippen LogP contribution in [0.5, 0.6) is 0 Å². The van der Waals surface area contributed by atoms with Gasteiger partial charge in [-0.1, -0.05) is 13.0 Å². The lowest BCUT2D eigenvalue weighted by Crippen LogP contribution is -2.41. The topological polar surface area (TPSA) is 78.4 Å². The second-order valence-corrected chi connectivity index (χ2v) is 4.48. The number of hydrogen-bond donors (Lipinski definition) is 3. The van der Waals surface area contributed by atoms with E-state index in [1.807, 2.05) is 18.4 Å². The molecule has 3 N–H and O–H groups in total. The van der Waals surface area contributed by atoms with Gasteiger partial charge in [0.25, 0.3) is 0 Å². The third kappa shape index (κ3) is 4.54. The van der Waals surface area contributed by atoms with Gasteiger partial charge in [-0.2, -0.15) is 0 Å². The first kappa shape index (κ1) is 13.7. The van der Waals surface area contributed by atoms with Crippen LogP contribution < -0.4 is 10.6 Å². The molecule has 1 aromatic heterocycles. The number of aliphatic hydroxyl groups is 1. The molecule has 1 heterocycles. The second kappa shape index (κ2) is 7.03. The molecule has 1 atom stereocenters. The maximum absolute atomic E-state index is 11.3. The van der Waals surface area contributed by atoms with Gasteiger partial charge in [-0.15, -0.1) is 11.3 Å². The Hall–Kier alpha value is -1.40. The molecule has 2 amide bonds. The van der Waals surface area contributed by atoms with Crippen LogP contribution in [-0.4, -0.2) is 30.0 Å². The first-order chi connectivity index (χ1) is 8.15. The summed E-state index contributed by atoms with van der Waals surface area (Å²) in [6.45, 7) is 2.41. The predicted molar refractivity (Wildman–Crippen MR) is 65.6 cm³/mol. The first-order valence-electron chi connectivity index (χ1n) is 5.42. The van der Waals surface area contributed by atoms with Crippen molar-refractivity contribution in [2.24, 2.45) is 0 Å². The first-order valence-corrected chi connectivity index (χ1v) is 6.30. The highest BCUT2D eigenvalue weighted by Gasteiger charge is 2.15. The summed E-state index contributed by atoms with van der Waals surface area (Å²) in [5.41, 5.74) is 0. The Balaban J connectivity index is 2.30. The molecule has 94 valence electrons. The molecule has 0 saturated heterocycles. The summed E-state index contributed by atoms with van der Waals surface area (Å²) >= 11 is 1.40. The number of aliphatic hydroxyl groups excluding tert-OH is 1. The highest BCUT2D eigenvalue weighted by Crippen LogP contribution is 2.17. The van der Waals surface area contributed by atoms with Crippen LogP contribution in [0.2, 0.25) is 0 Å². The Morgan fingerprint density at radius 2 is 2.12 bits per heavy atom. The minimum atomic E-state index is -0.766. The Labute approximate surface area is 104 Å². The highest BCUT2D eigenvalue weighted by molar-refractivity contribution is 7.10. The second-order valence-electron chi connectivity index (χ2n) is 3.50. The van der Waals surface area contributed by atoms with Crippen LogP contribution in [0.15, 0.2) is 17.5 Å². The molecule has 6 heteroatoms. The smallest absolute Gasteiger partial charge is 0.309 e. The monoisotopic (exact) mass is 256 g/mol. The van der Waals surface area contributed by atoms with Gasteiger partial charge in [0.05, 0.1) is 0 Å². The summed E-state index contributed by atoms with van der Waals surface area (Å²) in [4.78, 5) is 23.3. The van der Waals surface area contributed by atoms with E-state index in [9.17, 15) is 14.7 Å². The molecule has 0 aromatic carbocycles. The summed E-state index contributed by atoms with van der Waals surface area (Å²) < 4.78 is 0. The number of thiophene rings is 1. The number of amides is 2. The normalized spacial score (nSPS) is 11.9. The third-order valence-electron chi connectivity index (χ3n) is 2.07. The van der Waals surface area contributed by atoms with E-state index in [2.05, 4.69) is 10.6 Å². The molecule has 17 heavy (non-hydrogen) atoms. The largest absolute Gasteiger partial charge is 0.386 e. The lowest BCUT2D eigenvalue weighted by atomic mass is 10.3. The van der Waals surface area contributed by atoms with Gasteiger partial charge in [0.1, 0.15) is 6.10 Å². The van der Waals surface area contributed by atoms with E-state index in [-0.39, 0.29) is 6.54 Å². The zero-order chi connectivity index (χ0) is 12.7. The van der Waals surface area contributed by atoms with Gasteiger partial charge in [-0.05, 0) is 17.9 Å². The van der Waals surface area contributed by atoms with Gasteiger partial charge < -0.3 is 15.7 Å². The standard InChI is InChI=1S/C11H16N2O3S/c1-2-5-12-10(15)11(16)13-7-8(14)9-4-3-6-17-9/h3-4,6,8,14H,2,5,7H2,1H3,(H,12,15)(H,13,16). The van der Waals surface area contributed by atoms with E-state index in [0.717, 1.165) is 11.3 Å². The number of nitrogens with one attached hydrogen (secondary N) is 2. The lowest BCUT2D eigenvalue weighted by molar-refractivity contribution is -0.139. The van der Waals surface area contributed by atoms with E-state index >= 15 is 0 Å². The van der Waals surface area contributed by atoms with Crippen molar-refractivity contribution in [2.75, 3.05) is 13.1 Å². The van der Waals surface area contributed by atoms with Crippen molar-refractivity contribution in [1.82, 2.24) is 10.6 Å². The van der Waals surface area contributed by atoms with Crippen molar-refractivity contribution in [3.05, 3.63) is 22.4 Å². The Bertz CT molecular complexity index is 365.